The molecule has 7 nitrogen and oxygen atoms in total. The molecule has 0 bridgehead atoms. The molecule has 0 unspecified atom stereocenters. The molecule has 2 N–H and O–H groups in total. The Hall–Kier alpha value is -4.05. The SMILES string of the molecule is O=C(CSc1nnc(CNC(=O)c2cccc(F)c2)n1-c1ccccc1)Nc1ccccc1F. The van der Waals surface area contributed by atoms with E-state index in [0.29, 0.717) is 11.0 Å². The van der Waals surface area contributed by atoms with Crippen molar-refractivity contribution in [1.29, 1.82) is 0 Å². The quantitative estimate of drug-likeness (QED) is 0.370. The highest BCUT2D eigenvalue weighted by molar-refractivity contribution is 7.99. The predicted molar refractivity (Wildman–Crippen MR) is 125 cm³/mol. The molecule has 0 aliphatic rings. The van der Waals surface area contributed by atoms with Gasteiger partial charge in [-0.3, -0.25) is 14.2 Å². The second-order valence-corrected chi connectivity index (χ2v) is 8.02. The van der Waals surface area contributed by atoms with Crippen molar-refractivity contribution >= 4 is 29.3 Å². The Morgan fingerprint density at radius 1 is 0.912 bits per heavy atom. The van der Waals surface area contributed by atoms with Crippen LogP contribution in [-0.2, 0) is 11.3 Å². The molecular formula is C24H19F2N5O2S. The van der Waals surface area contributed by atoms with Gasteiger partial charge in [0, 0.05) is 11.3 Å². The van der Waals surface area contributed by atoms with Crippen molar-refractivity contribution in [3.05, 3.63) is 102 Å². The summed E-state index contributed by atoms with van der Waals surface area (Å²) >= 11 is 1.12. The zero-order valence-electron chi connectivity index (χ0n) is 17.7. The number of aromatic nitrogens is 3. The Bertz CT molecular complexity index is 1310. The van der Waals surface area contributed by atoms with E-state index >= 15 is 0 Å². The van der Waals surface area contributed by atoms with Crippen LogP contribution in [0.25, 0.3) is 5.69 Å². The summed E-state index contributed by atoms with van der Waals surface area (Å²) in [7, 11) is 0. The van der Waals surface area contributed by atoms with Crippen LogP contribution in [0.1, 0.15) is 16.2 Å². The summed E-state index contributed by atoms with van der Waals surface area (Å²) in [5.41, 5.74) is 1.02. The number of benzene rings is 3. The molecule has 1 aromatic heterocycles. The van der Waals surface area contributed by atoms with Crippen LogP contribution in [0, 0.1) is 11.6 Å². The first-order chi connectivity index (χ1) is 16.5. The third kappa shape index (κ3) is 5.65. The number of carbonyl (C=O) groups excluding carboxylic acids is 2. The summed E-state index contributed by atoms with van der Waals surface area (Å²) in [6, 6.07) is 20.5. The number of anilines is 1. The van der Waals surface area contributed by atoms with Crippen molar-refractivity contribution in [1.82, 2.24) is 20.1 Å². The Labute approximate surface area is 198 Å². The fraction of sp³-hybridized carbons (Fsp3) is 0.0833. The number of nitrogens with zero attached hydrogens (tertiary/aromatic N) is 3. The van der Waals surface area contributed by atoms with Crippen LogP contribution >= 0.6 is 11.8 Å². The van der Waals surface area contributed by atoms with E-state index in [1.807, 2.05) is 30.3 Å². The number of hydrogen-bond donors (Lipinski definition) is 2. The zero-order chi connectivity index (χ0) is 23.9. The number of carbonyl (C=O) groups is 2. The topological polar surface area (TPSA) is 88.9 Å². The van der Waals surface area contributed by atoms with E-state index in [9.17, 15) is 18.4 Å². The Balaban J connectivity index is 1.49. The second-order valence-electron chi connectivity index (χ2n) is 7.08. The maximum atomic E-state index is 13.8. The lowest BCUT2D eigenvalue weighted by atomic mass is 10.2. The summed E-state index contributed by atoms with van der Waals surface area (Å²) in [5.74, 6) is -1.50. The summed E-state index contributed by atoms with van der Waals surface area (Å²) in [6.45, 7) is 0.0270. The van der Waals surface area contributed by atoms with Gasteiger partial charge in [0.25, 0.3) is 5.91 Å². The highest BCUT2D eigenvalue weighted by Crippen LogP contribution is 2.23. The van der Waals surface area contributed by atoms with Crippen LogP contribution in [-0.4, -0.2) is 32.3 Å². The highest BCUT2D eigenvalue weighted by atomic mass is 32.2. The summed E-state index contributed by atoms with van der Waals surface area (Å²) < 4.78 is 28.9. The molecule has 0 aliphatic heterocycles. The molecule has 1 heterocycles. The van der Waals surface area contributed by atoms with Crippen LogP contribution in [0.3, 0.4) is 0 Å². The van der Waals surface area contributed by atoms with Gasteiger partial charge in [-0.15, -0.1) is 10.2 Å². The number of nitrogens with one attached hydrogen (secondary N) is 2. The lowest BCUT2D eigenvalue weighted by Crippen LogP contribution is -2.24. The summed E-state index contributed by atoms with van der Waals surface area (Å²) in [5, 5.41) is 14.0. The number of para-hydroxylation sites is 2. The van der Waals surface area contributed by atoms with Crippen LogP contribution in [0.5, 0.6) is 0 Å². The van der Waals surface area contributed by atoms with Gasteiger partial charge in [0.2, 0.25) is 5.91 Å². The van der Waals surface area contributed by atoms with Crippen LogP contribution < -0.4 is 10.6 Å². The van der Waals surface area contributed by atoms with E-state index in [2.05, 4.69) is 20.8 Å². The molecule has 3 aromatic carbocycles. The molecule has 172 valence electrons. The minimum absolute atomic E-state index is 0.0270. The summed E-state index contributed by atoms with van der Waals surface area (Å²) in [4.78, 5) is 24.8. The molecule has 0 aliphatic carbocycles. The van der Waals surface area contributed by atoms with Crippen molar-refractivity contribution in [2.45, 2.75) is 11.7 Å². The molecule has 10 heteroatoms. The predicted octanol–water partition coefficient (Wildman–Crippen LogP) is 4.21. The third-order valence-corrected chi connectivity index (χ3v) is 5.62. The van der Waals surface area contributed by atoms with Gasteiger partial charge in [-0.05, 0) is 42.5 Å². The molecule has 4 aromatic rings. The van der Waals surface area contributed by atoms with E-state index < -0.39 is 23.4 Å². The number of hydrogen-bond acceptors (Lipinski definition) is 5. The average molecular weight is 480 g/mol. The number of rotatable bonds is 8. The normalized spacial score (nSPS) is 10.6. The van der Waals surface area contributed by atoms with Crippen molar-refractivity contribution in [2.24, 2.45) is 0 Å². The van der Waals surface area contributed by atoms with Gasteiger partial charge >= 0.3 is 0 Å². The molecule has 0 atom stereocenters. The van der Waals surface area contributed by atoms with Gasteiger partial charge in [0.05, 0.1) is 18.0 Å². The van der Waals surface area contributed by atoms with Crippen molar-refractivity contribution < 1.29 is 18.4 Å². The minimum Gasteiger partial charge on any atom is -0.345 e. The van der Waals surface area contributed by atoms with Crippen molar-refractivity contribution in [3.8, 4) is 5.69 Å². The first kappa shape index (κ1) is 23.1. The minimum atomic E-state index is -0.523. The maximum absolute atomic E-state index is 13.8. The van der Waals surface area contributed by atoms with Gasteiger partial charge in [-0.25, -0.2) is 8.78 Å². The summed E-state index contributed by atoms with van der Waals surface area (Å²) in [6.07, 6.45) is 0. The fourth-order valence-corrected chi connectivity index (χ4v) is 3.89. The Kier molecular flexibility index (Phi) is 7.28. The van der Waals surface area contributed by atoms with E-state index in [-0.39, 0.29) is 23.5 Å². The molecule has 2 amide bonds. The van der Waals surface area contributed by atoms with Gasteiger partial charge in [0.1, 0.15) is 11.6 Å². The first-order valence-corrected chi connectivity index (χ1v) is 11.2. The Morgan fingerprint density at radius 2 is 1.68 bits per heavy atom. The molecule has 0 radical (unpaired) electrons. The molecule has 0 saturated heterocycles. The molecule has 0 fully saturated rings. The first-order valence-electron chi connectivity index (χ1n) is 10.2. The fourth-order valence-electron chi connectivity index (χ4n) is 3.11. The van der Waals surface area contributed by atoms with Crippen molar-refractivity contribution in [3.63, 3.8) is 0 Å². The largest absolute Gasteiger partial charge is 0.345 e. The lowest BCUT2D eigenvalue weighted by molar-refractivity contribution is -0.113. The highest BCUT2D eigenvalue weighted by Gasteiger charge is 2.17. The monoisotopic (exact) mass is 479 g/mol. The number of thioether (sulfide) groups is 1. The molecule has 34 heavy (non-hydrogen) atoms. The van der Waals surface area contributed by atoms with Crippen molar-refractivity contribution in [2.75, 3.05) is 11.1 Å². The molecular weight excluding hydrogens is 460 g/mol. The molecule has 0 spiro atoms. The van der Waals surface area contributed by atoms with Crippen LogP contribution in [0.15, 0.2) is 84.0 Å². The van der Waals surface area contributed by atoms with E-state index in [1.54, 1.807) is 10.6 Å². The second kappa shape index (κ2) is 10.7. The number of amides is 2. The molecule has 4 rings (SSSR count). The van der Waals surface area contributed by atoms with E-state index in [4.69, 9.17) is 0 Å². The van der Waals surface area contributed by atoms with Gasteiger partial charge in [-0.1, -0.05) is 48.2 Å². The van der Waals surface area contributed by atoms with E-state index in [0.717, 1.165) is 23.5 Å². The van der Waals surface area contributed by atoms with Crippen LogP contribution in [0.4, 0.5) is 14.5 Å². The molecule has 0 saturated carbocycles. The van der Waals surface area contributed by atoms with Crippen LogP contribution in [0.2, 0.25) is 0 Å². The zero-order valence-corrected chi connectivity index (χ0v) is 18.6. The van der Waals surface area contributed by atoms with Gasteiger partial charge < -0.3 is 10.6 Å². The third-order valence-electron chi connectivity index (χ3n) is 4.69. The smallest absolute Gasteiger partial charge is 0.251 e. The average Bonchev–Trinajstić information content (AvgIpc) is 3.26. The number of halogens is 2. The standard InChI is InChI=1S/C24H19F2N5O2S/c25-17-8-6-7-16(13-17)23(33)27-14-21-29-30-24(31(21)18-9-2-1-3-10-18)34-15-22(32)28-20-12-5-4-11-19(20)26/h1-13H,14-15H2,(H,27,33)(H,28,32). The van der Waals surface area contributed by atoms with Gasteiger partial charge in [-0.2, -0.15) is 0 Å². The van der Waals surface area contributed by atoms with Gasteiger partial charge in [0.15, 0.2) is 11.0 Å². The Morgan fingerprint density at radius 3 is 2.44 bits per heavy atom. The maximum Gasteiger partial charge on any atom is 0.251 e. The lowest BCUT2D eigenvalue weighted by Gasteiger charge is -2.11. The van der Waals surface area contributed by atoms with E-state index in [1.165, 1.54) is 36.4 Å².